The van der Waals surface area contributed by atoms with Gasteiger partial charge in [-0.15, -0.1) is 0 Å². The Kier molecular flexibility index (Phi) is 15.1. The van der Waals surface area contributed by atoms with Crippen LogP contribution in [-0.2, 0) is 0 Å². The average Bonchev–Trinajstić information content (AvgIpc) is 1.58. The van der Waals surface area contributed by atoms with Crippen molar-refractivity contribution in [3.8, 4) is 145 Å². The third-order valence-corrected chi connectivity index (χ3v) is 28.2. The number of aromatic nitrogens is 4. The predicted octanol–water partition coefficient (Wildman–Crippen LogP) is 33.7. The number of hydrogen-bond acceptors (Lipinski definition) is 0. The number of fused-ring (bicyclic) bond motifs is 22. The third-order valence-electron chi connectivity index (χ3n) is 28.2. The fourth-order valence-electron chi connectivity index (χ4n) is 22.5. The summed E-state index contributed by atoms with van der Waals surface area (Å²) in [6.45, 7) is 0. The van der Waals surface area contributed by atoms with Gasteiger partial charge in [-0.2, -0.15) is 0 Å². The van der Waals surface area contributed by atoms with Crippen molar-refractivity contribution in [2.75, 3.05) is 0 Å². The monoisotopic (exact) mass is 1620 g/mol. The molecule has 2 aliphatic rings. The van der Waals surface area contributed by atoms with Gasteiger partial charge in [0.25, 0.3) is 0 Å². The SMILES string of the molecule is c1ccc(-n2c3ccccc3c3cc(-c4ccc5c6ccc7ccccc7c6n(-c6cccc(-c7cccc(-c8ccc9c%10c(cccc8%10)-c8cc(-c%10cccc%11c%10c%10ccc(-c%12ccc%13c(c%12)c%12ccc%14ccccc%14c%12n%13-c%12ccccc%12)cc%10n%11-c%10cccc(-c%11cccc(-c%12ccc%13c%14c(cccc%12%14)-c%12ccccc%12-%13)c%11)c%10)ccc8-9)c7)c6)c5c4)ccc32)cc1. The first-order valence-corrected chi connectivity index (χ1v) is 44.4. The molecule has 4 heterocycles. The molecule has 4 aromatic heterocycles. The maximum Gasteiger partial charge on any atom is 0.0619 e. The maximum absolute atomic E-state index is 2.53. The van der Waals surface area contributed by atoms with Crippen molar-refractivity contribution in [2.45, 2.75) is 0 Å². The highest BCUT2D eigenvalue weighted by Gasteiger charge is 2.29. The molecule has 0 fully saturated rings. The normalized spacial score (nSPS) is 12.2. The fourth-order valence-corrected chi connectivity index (χ4v) is 22.5. The van der Waals surface area contributed by atoms with E-state index in [1.165, 1.54) is 214 Å². The molecular weight excluding hydrogens is 1550 g/mol. The van der Waals surface area contributed by atoms with Gasteiger partial charge in [-0.1, -0.05) is 334 Å². The Morgan fingerprint density at radius 3 is 1.08 bits per heavy atom. The standard InChI is InChI=1S/C124H74N4/c1-3-30-88(31-4-1)125-114-46-14-13-40-100(114)112-70-81(53-64-115(112)125)83-50-56-101-108-57-48-75-22-7-9-36-95(75)123(108)128(118(101)73-83)91-35-18-27-80(69-91)78-25-16-29-86(67-78)93-61-63-107-99-55-52-87(72-111(99)105-45-20-43-103(93)121(105)107)94-41-21-47-117-122(94)110-59-51-84(82-54-65-116-113(71-82)109-58-49-76-23-8-10-37-96(76)124(109)127(116)89-32-5-2-6-33-89)74-119(110)126(117)90-34-17-26-79(68-90)77-24-15-28-85(66-77)92-60-62-106-98-39-12-11-38-97(98)104-44-19-42-102(92)120(104)106/h1-74H. The second kappa shape index (κ2) is 27.3. The zero-order chi connectivity index (χ0) is 83.5. The quantitative estimate of drug-likeness (QED) is 0.123. The molecule has 0 aliphatic heterocycles. The summed E-state index contributed by atoms with van der Waals surface area (Å²) < 4.78 is 9.91. The van der Waals surface area contributed by atoms with Gasteiger partial charge in [0, 0.05) is 76.6 Å². The highest BCUT2D eigenvalue weighted by atomic mass is 15.0. The van der Waals surface area contributed by atoms with Crippen LogP contribution >= 0.6 is 0 Å². The van der Waals surface area contributed by atoms with Gasteiger partial charge in [0.1, 0.15) is 0 Å². The van der Waals surface area contributed by atoms with Crippen molar-refractivity contribution in [3.05, 3.63) is 449 Å². The Morgan fingerprint density at radius 1 is 0.117 bits per heavy atom. The highest BCUT2D eigenvalue weighted by molar-refractivity contribution is 6.25. The highest BCUT2D eigenvalue weighted by Crippen LogP contribution is 2.55. The van der Waals surface area contributed by atoms with Crippen LogP contribution in [0.1, 0.15) is 0 Å². The van der Waals surface area contributed by atoms with Gasteiger partial charge < -0.3 is 18.3 Å². The van der Waals surface area contributed by atoms with Gasteiger partial charge >= 0.3 is 0 Å². The largest absolute Gasteiger partial charge is 0.309 e. The molecule has 2 aliphatic carbocycles. The molecule has 0 amide bonds. The molecule has 0 N–H and O–H groups in total. The molecule has 4 nitrogen and oxygen atoms in total. The summed E-state index contributed by atoms with van der Waals surface area (Å²) in [6, 6.07) is 169. The van der Waals surface area contributed by atoms with Crippen molar-refractivity contribution in [3.63, 3.8) is 0 Å². The van der Waals surface area contributed by atoms with E-state index in [2.05, 4.69) is 467 Å². The summed E-state index contributed by atoms with van der Waals surface area (Å²) in [5, 5.41) is 19.9. The zero-order valence-corrected chi connectivity index (χ0v) is 69.5. The predicted molar refractivity (Wildman–Crippen MR) is 541 cm³/mol. The summed E-state index contributed by atoms with van der Waals surface area (Å²) >= 11 is 0. The summed E-state index contributed by atoms with van der Waals surface area (Å²) in [7, 11) is 0. The lowest BCUT2D eigenvalue weighted by atomic mass is 9.92. The topological polar surface area (TPSA) is 19.7 Å². The number of rotatable bonds is 11. The lowest BCUT2D eigenvalue weighted by Gasteiger charge is -2.14. The first-order valence-electron chi connectivity index (χ1n) is 44.4. The Labute approximate surface area is 737 Å². The van der Waals surface area contributed by atoms with Crippen LogP contribution in [0.25, 0.3) is 275 Å². The molecule has 22 aromatic carbocycles. The van der Waals surface area contributed by atoms with E-state index in [1.807, 2.05) is 0 Å². The first kappa shape index (κ1) is 70.6. The van der Waals surface area contributed by atoms with E-state index in [1.54, 1.807) is 0 Å². The van der Waals surface area contributed by atoms with Gasteiger partial charge in [-0.3, -0.25) is 0 Å². The van der Waals surface area contributed by atoms with E-state index in [-0.39, 0.29) is 0 Å². The second-order valence-electron chi connectivity index (χ2n) is 34.9. The molecule has 128 heavy (non-hydrogen) atoms. The lowest BCUT2D eigenvalue weighted by Crippen LogP contribution is -1.95. The lowest BCUT2D eigenvalue weighted by molar-refractivity contribution is 1.18. The van der Waals surface area contributed by atoms with Crippen LogP contribution in [0, 0.1) is 0 Å². The van der Waals surface area contributed by atoms with Crippen LogP contribution in [0.2, 0.25) is 0 Å². The molecule has 0 saturated heterocycles. The van der Waals surface area contributed by atoms with Crippen molar-refractivity contribution in [1.82, 2.24) is 18.3 Å². The minimum Gasteiger partial charge on any atom is -0.309 e. The molecule has 0 unspecified atom stereocenters. The van der Waals surface area contributed by atoms with Crippen molar-refractivity contribution < 1.29 is 0 Å². The Bertz CT molecular complexity index is 9300. The molecule has 0 spiro atoms. The number of benzene rings is 22. The van der Waals surface area contributed by atoms with Gasteiger partial charge in [0.15, 0.2) is 0 Å². The Balaban J connectivity index is 0.555. The van der Waals surface area contributed by atoms with E-state index in [9.17, 15) is 0 Å². The van der Waals surface area contributed by atoms with Crippen LogP contribution in [0.15, 0.2) is 449 Å². The van der Waals surface area contributed by atoms with Crippen LogP contribution in [0.4, 0.5) is 0 Å². The number of nitrogens with zero attached hydrogens (tertiary/aromatic N) is 4. The van der Waals surface area contributed by atoms with Gasteiger partial charge in [0.05, 0.1) is 44.1 Å². The Hall–Kier alpha value is -16.9. The van der Waals surface area contributed by atoms with E-state index >= 15 is 0 Å². The number of hydrogen-bond donors (Lipinski definition) is 0. The van der Waals surface area contributed by atoms with Crippen LogP contribution in [0.3, 0.4) is 0 Å². The molecular formula is C124H74N4. The average molecular weight is 1620 g/mol. The van der Waals surface area contributed by atoms with E-state index in [4.69, 9.17) is 0 Å². The van der Waals surface area contributed by atoms with Crippen molar-refractivity contribution >= 4 is 130 Å². The number of para-hydroxylation sites is 3. The van der Waals surface area contributed by atoms with Crippen LogP contribution in [-0.4, -0.2) is 18.3 Å². The van der Waals surface area contributed by atoms with Crippen molar-refractivity contribution in [1.29, 1.82) is 0 Å². The first-order chi connectivity index (χ1) is 63.5. The summed E-state index contributed by atoms with van der Waals surface area (Å²) in [6.07, 6.45) is 0. The van der Waals surface area contributed by atoms with E-state index in [0.717, 1.165) is 61.6 Å². The van der Waals surface area contributed by atoms with Gasteiger partial charge in [-0.25, -0.2) is 0 Å². The summed E-state index contributed by atoms with van der Waals surface area (Å²) in [5.41, 5.74) is 40.8. The third kappa shape index (κ3) is 10.4. The fraction of sp³-hybridized carbons (Fsp3) is 0. The molecule has 28 rings (SSSR count). The van der Waals surface area contributed by atoms with Gasteiger partial charge in [0.2, 0.25) is 0 Å². The molecule has 590 valence electrons. The van der Waals surface area contributed by atoms with E-state index < -0.39 is 0 Å². The van der Waals surface area contributed by atoms with E-state index in [0.29, 0.717) is 0 Å². The van der Waals surface area contributed by atoms with Crippen LogP contribution in [0.5, 0.6) is 0 Å². The van der Waals surface area contributed by atoms with Crippen LogP contribution < -0.4 is 0 Å². The Morgan fingerprint density at radius 2 is 0.453 bits per heavy atom. The molecule has 0 radical (unpaired) electrons. The molecule has 0 atom stereocenters. The smallest absolute Gasteiger partial charge is 0.0619 e. The molecule has 26 aromatic rings. The molecule has 0 saturated carbocycles. The second-order valence-corrected chi connectivity index (χ2v) is 34.9. The van der Waals surface area contributed by atoms with Crippen molar-refractivity contribution in [2.24, 2.45) is 0 Å². The minimum atomic E-state index is 1.10. The molecule has 4 heteroatoms. The maximum atomic E-state index is 2.53. The zero-order valence-electron chi connectivity index (χ0n) is 69.5. The molecule has 0 bridgehead atoms. The minimum absolute atomic E-state index is 1.10. The summed E-state index contributed by atoms with van der Waals surface area (Å²) in [4.78, 5) is 0. The van der Waals surface area contributed by atoms with Gasteiger partial charge in [-0.05, 0) is 270 Å². The summed E-state index contributed by atoms with van der Waals surface area (Å²) in [5.74, 6) is 0.